The number of nitrogens with one attached hydrogen (secondary N) is 2. The van der Waals surface area contributed by atoms with Crippen LogP contribution < -0.4 is 10.0 Å². The number of hydrogen-bond acceptors (Lipinski definition) is 5. The molecule has 1 aliphatic heterocycles. The molecule has 2 N–H and O–H groups in total. The molecule has 0 atom stereocenters. The Balaban J connectivity index is 1.67. The minimum atomic E-state index is -3.92. The van der Waals surface area contributed by atoms with Gasteiger partial charge in [0.2, 0.25) is 0 Å². The van der Waals surface area contributed by atoms with Crippen molar-refractivity contribution < 1.29 is 17.9 Å². The van der Waals surface area contributed by atoms with Gasteiger partial charge in [0.05, 0.1) is 18.2 Å². The van der Waals surface area contributed by atoms with Crippen LogP contribution in [0, 0.1) is 0 Å². The average molecular weight is 424 g/mol. The lowest BCUT2D eigenvalue weighted by Gasteiger charge is -2.26. The lowest BCUT2D eigenvalue weighted by Crippen LogP contribution is -2.41. The lowest BCUT2D eigenvalue weighted by molar-refractivity contribution is 0.0383. The van der Waals surface area contributed by atoms with Gasteiger partial charge in [0, 0.05) is 37.4 Å². The molecule has 28 heavy (non-hydrogen) atoms. The van der Waals surface area contributed by atoms with Crippen molar-refractivity contribution in [3.63, 3.8) is 0 Å². The molecule has 150 valence electrons. The molecule has 1 amide bonds. The van der Waals surface area contributed by atoms with Crippen molar-refractivity contribution in [1.29, 1.82) is 0 Å². The van der Waals surface area contributed by atoms with Crippen LogP contribution in [-0.4, -0.2) is 58.6 Å². The second-order valence-corrected chi connectivity index (χ2v) is 8.38. The van der Waals surface area contributed by atoms with Crippen molar-refractivity contribution in [3.8, 4) is 0 Å². The summed E-state index contributed by atoms with van der Waals surface area (Å²) >= 11 is 6.09. The predicted octanol–water partition coefficient (Wildman–Crippen LogP) is 2.20. The normalized spacial score (nSPS) is 15.2. The van der Waals surface area contributed by atoms with Gasteiger partial charge in [0.1, 0.15) is 4.90 Å². The van der Waals surface area contributed by atoms with Crippen molar-refractivity contribution in [3.05, 3.63) is 59.1 Å². The molecule has 1 heterocycles. The number of rotatable bonds is 7. The Morgan fingerprint density at radius 2 is 1.82 bits per heavy atom. The second-order valence-electron chi connectivity index (χ2n) is 6.33. The van der Waals surface area contributed by atoms with Gasteiger partial charge >= 0.3 is 0 Å². The van der Waals surface area contributed by atoms with Crippen molar-refractivity contribution in [2.45, 2.75) is 4.90 Å². The summed E-state index contributed by atoms with van der Waals surface area (Å²) in [4.78, 5) is 14.5. The molecule has 0 saturated carbocycles. The highest BCUT2D eigenvalue weighted by Crippen LogP contribution is 2.25. The molecule has 9 heteroatoms. The van der Waals surface area contributed by atoms with Gasteiger partial charge in [-0.3, -0.25) is 14.4 Å². The fourth-order valence-electron chi connectivity index (χ4n) is 2.82. The number of para-hydroxylation sites is 1. The monoisotopic (exact) mass is 423 g/mol. The Morgan fingerprint density at radius 3 is 2.54 bits per heavy atom. The molecule has 2 aromatic carbocycles. The molecule has 0 unspecified atom stereocenters. The first kappa shape index (κ1) is 20.6. The van der Waals surface area contributed by atoms with Crippen LogP contribution in [0.3, 0.4) is 0 Å². The van der Waals surface area contributed by atoms with E-state index in [9.17, 15) is 13.2 Å². The van der Waals surface area contributed by atoms with E-state index < -0.39 is 10.0 Å². The SMILES string of the molecule is O=C(NCCN1CCOCC1)c1ccc(Cl)c(S(=O)(=O)Nc2ccccc2)c1. The van der Waals surface area contributed by atoms with Crippen molar-refractivity contribution in [2.24, 2.45) is 0 Å². The topological polar surface area (TPSA) is 87.7 Å². The number of ether oxygens (including phenoxy) is 1. The Bertz CT molecular complexity index is 916. The molecule has 1 saturated heterocycles. The van der Waals surface area contributed by atoms with E-state index in [1.807, 2.05) is 0 Å². The van der Waals surface area contributed by atoms with Crippen molar-refractivity contribution >= 4 is 33.2 Å². The maximum absolute atomic E-state index is 12.7. The minimum absolute atomic E-state index is 0.0493. The number of sulfonamides is 1. The summed E-state index contributed by atoms with van der Waals surface area (Å²) < 4.78 is 33.1. The summed E-state index contributed by atoms with van der Waals surface area (Å²) in [5.41, 5.74) is 0.652. The molecular weight excluding hydrogens is 402 g/mol. The molecule has 7 nitrogen and oxygen atoms in total. The Labute approximate surface area is 169 Å². The quantitative estimate of drug-likeness (QED) is 0.712. The van der Waals surface area contributed by atoms with Crippen LogP contribution in [0.15, 0.2) is 53.4 Å². The fourth-order valence-corrected chi connectivity index (χ4v) is 4.41. The third-order valence-electron chi connectivity index (χ3n) is 4.33. The van der Waals surface area contributed by atoms with Gasteiger partial charge in [-0.2, -0.15) is 0 Å². The number of carbonyl (C=O) groups excluding carboxylic acids is 1. The third kappa shape index (κ3) is 5.45. The number of nitrogens with zero attached hydrogens (tertiary/aromatic N) is 1. The van der Waals surface area contributed by atoms with Crippen LogP contribution >= 0.6 is 11.6 Å². The Morgan fingerprint density at radius 1 is 1.11 bits per heavy atom. The molecular formula is C19H22ClN3O4S. The van der Waals surface area contributed by atoms with Crippen LogP contribution in [0.4, 0.5) is 5.69 Å². The van der Waals surface area contributed by atoms with E-state index >= 15 is 0 Å². The van der Waals surface area contributed by atoms with E-state index in [2.05, 4.69) is 14.9 Å². The van der Waals surface area contributed by atoms with Gasteiger partial charge < -0.3 is 10.1 Å². The molecule has 0 bridgehead atoms. The fraction of sp³-hybridized carbons (Fsp3) is 0.316. The van der Waals surface area contributed by atoms with E-state index in [-0.39, 0.29) is 21.4 Å². The zero-order valence-corrected chi connectivity index (χ0v) is 16.8. The largest absolute Gasteiger partial charge is 0.379 e. The van der Waals surface area contributed by atoms with Crippen LogP contribution in [0.25, 0.3) is 0 Å². The maximum atomic E-state index is 12.7. The number of morpholine rings is 1. The highest BCUT2D eigenvalue weighted by molar-refractivity contribution is 7.92. The summed E-state index contributed by atoms with van der Waals surface area (Å²) in [7, 11) is -3.92. The number of halogens is 1. The summed E-state index contributed by atoms with van der Waals surface area (Å²) in [5, 5.41) is 2.86. The Kier molecular flexibility index (Phi) is 6.90. The number of amides is 1. The standard InChI is InChI=1S/C19H22ClN3O4S/c20-17-7-6-15(19(24)21-8-9-23-10-12-27-13-11-23)14-18(17)28(25,26)22-16-4-2-1-3-5-16/h1-7,14,22H,8-13H2,(H,21,24). The average Bonchev–Trinajstić information content (AvgIpc) is 2.69. The number of benzene rings is 2. The maximum Gasteiger partial charge on any atom is 0.263 e. The van der Waals surface area contributed by atoms with E-state index in [0.717, 1.165) is 13.1 Å². The molecule has 0 aliphatic carbocycles. The zero-order chi connectivity index (χ0) is 20.0. The van der Waals surface area contributed by atoms with Crippen LogP contribution in [0.2, 0.25) is 5.02 Å². The van der Waals surface area contributed by atoms with Crippen LogP contribution in [-0.2, 0) is 14.8 Å². The molecule has 3 rings (SSSR count). The highest BCUT2D eigenvalue weighted by Gasteiger charge is 2.20. The van der Waals surface area contributed by atoms with E-state index in [1.165, 1.54) is 18.2 Å². The van der Waals surface area contributed by atoms with E-state index in [0.29, 0.717) is 32.0 Å². The third-order valence-corrected chi connectivity index (χ3v) is 6.19. The number of anilines is 1. The molecule has 1 aliphatic rings. The minimum Gasteiger partial charge on any atom is -0.379 e. The first-order chi connectivity index (χ1) is 13.5. The molecule has 0 radical (unpaired) electrons. The van der Waals surface area contributed by atoms with Crippen molar-refractivity contribution in [1.82, 2.24) is 10.2 Å². The predicted molar refractivity (Wildman–Crippen MR) is 108 cm³/mol. The second kappa shape index (κ2) is 9.38. The van der Waals surface area contributed by atoms with Gasteiger partial charge in [0.25, 0.3) is 15.9 Å². The van der Waals surface area contributed by atoms with Crippen LogP contribution in [0.1, 0.15) is 10.4 Å². The summed E-state index contributed by atoms with van der Waals surface area (Å²) in [6.45, 7) is 4.24. The van der Waals surface area contributed by atoms with Gasteiger partial charge in [-0.25, -0.2) is 8.42 Å². The molecule has 1 fully saturated rings. The van der Waals surface area contributed by atoms with Gasteiger partial charge in [-0.05, 0) is 30.3 Å². The first-order valence-corrected chi connectivity index (χ1v) is 10.8. The first-order valence-electron chi connectivity index (χ1n) is 8.91. The smallest absolute Gasteiger partial charge is 0.263 e. The summed E-state index contributed by atoms with van der Waals surface area (Å²) in [6.07, 6.45) is 0. The number of carbonyl (C=O) groups is 1. The molecule has 0 aromatic heterocycles. The molecule has 2 aromatic rings. The summed E-state index contributed by atoms with van der Waals surface area (Å²) in [6, 6.07) is 12.7. The van der Waals surface area contributed by atoms with Crippen molar-refractivity contribution in [2.75, 3.05) is 44.1 Å². The lowest BCUT2D eigenvalue weighted by atomic mass is 10.2. The molecule has 0 spiro atoms. The Hall–Kier alpha value is -2.13. The zero-order valence-electron chi connectivity index (χ0n) is 15.2. The highest BCUT2D eigenvalue weighted by atomic mass is 35.5. The van der Waals surface area contributed by atoms with Gasteiger partial charge in [-0.1, -0.05) is 29.8 Å². The van der Waals surface area contributed by atoms with E-state index in [1.54, 1.807) is 30.3 Å². The summed E-state index contributed by atoms with van der Waals surface area (Å²) in [5.74, 6) is -0.346. The number of hydrogen-bond donors (Lipinski definition) is 2. The van der Waals surface area contributed by atoms with E-state index in [4.69, 9.17) is 16.3 Å². The van der Waals surface area contributed by atoms with Crippen LogP contribution in [0.5, 0.6) is 0 Å². The van der Waals surface area contributed by atoms with Gasteiger partial charge in [0.15, 0.2) is 0 Å². The van der Waals surface area contributed by atoms with Gasteiger partial charge in [-0.15, -0.1) is 0 Å².